The van der Waals surface area contributed by atoms with Crippen LogP contribution in [-0.2, 0) is 0 Å². The summed E-state index contributed by atoms with van der Waals surface area (Å²) >= 11 is 0. The number of rotatable bonds is 1. The summed E-state index contributed by atoms with van der Waals surface area (Å²) in [6.45, 7) is 0. The van der Waals surface area contributed by atoms with Gasteiger partial charge in [0.15, 0.2) is 0 Å². The number of benzene rings is 2. The van der Waals surface area contributed by atoms with E-state index < -0.39 is 0 Å². The fourth-order valence-electron chi connectivity index (χ4n) is 2.39. The molecule has 4 aromatic rings. The highest BCUT2D eigenvalue weighted by Gasteiger charge is 2.04. The van der Waals surface area contributed by atoms with Crippen LogP contribution >= 0.6 is 0 Å². The molecule has 0 aliphatic carbocycles. The van der Waals surface area contributed by atoms with Gasteiger partial charge in [-0.3, -0.25) is 0 Å². The van der Waals surface area contributed by atoms with Gasteiger partial charge in [0.2, 0.25) is 0 Å². The molecule has 0 atom stereocenters. The third-order valence-corrected chi connectivity index (χ3v) is 3.33. The number of aromatic nitrogens is 2. The van der Waals surface area contributed by atoms with Crippen molar-refractivity contribution in [1.29, 1.82) is 0 Å². The maximum atomic E-state index is 3.43. The second-order valence-corrected chi connectivity index (χ2v) is 4.48. The number of H-pyrrole nitrogens is 2. The lowest BCUT2D eigenvalue weighted by molar-refractivity contribution is 1.45. The summed E-state index contributed by atoms with van der Waals surface area (Å²) in [4.78, 5) is 6.64. The third kappa shape index (κ3) is 1.36. The second kappa shape index (κ2) is 3.50. The standard InChI is InChI=1S/C16H11N2/c1-2-4-15-11(3-1)10-16(18-15)12-5-6-14-13(9-12)7-8-17-14/h1,3-10,17-18H. The van der Waals surface area contributed by atoms with Crippen molar-refractivity contribution in [2.24, 2.45) is 0 Å². The van der Waals surface area contributed by atoms with E-state index in [1.54, 1.807) is 0 Å². The van der Waals surface area contributed by atoms with E-state index in [0.29, 0.717) is 0 Å². The molecule has 0 saturated heterocycles. The summed E-state index contributed by atoms with van der Waals surface area (Å²) in [5, 5.41) is 2.45. The van der Waals surface area contributed by atoms with Crippen LogP contribution < -0.4 is 0 Å². The van der Waals surface area contributed by atoms with Gasteiger partial charge in [-0.2, -0.15) is 0 Å². The lowest BCUT2D eigenvalue weighted by atomic mass is 10.1. The zero-order valence-corrected chi connectivity index (χ0v) is 9.70. The Morgan fingerprint density at radius 1 is 0.889 bits per heavy atom. The van der Waals surface area contributed by atoms with Gasteiger partial charge in [-0.15, -0.1) is 0 Å². The highest BCUT2D eigenvalue weighted by molar-refractivity contribution is 5.89. The van der Waals surface area contributed by atoms with E-state index in [0.717, 1.165) is 11.2 Å². The van der Waals surface area contributed by atoms with Crippen molar-refractivity contribution in [3.63, 3.8) is 0 Å². The lowest BCUT2D eigenvalue weighted by Gasteiger charge is -1.98. The molecule has 0 spiro atoms. The zero-order chi connectivity index (χ0) is 11.9. The fraction of sp³-hybridized carbons (Fsp3) is 0. The Balaban J connectivity index is 1.94. The fourth-order valence-corrected chi connectivity index (χ4v) is 2.39. The molecule has 0 unspecified atom stereocenters. The van der Waals surface area contributed by atoms with Crippen LogP contribution in [0.1, 0.15) is 0 Å². The predicted molar refractivity (Wildman–Crippen MR) is 74.4 cm³/mol. The molecule has 2 aromatic carbocycles. The van der Waals surface area contributed by atoms with Crippen molar-refractivity contribution in [3.8, 4) is 11.3 Å². The molecule has 2 heteroatoms. The number of nitrogens with one attached hydrogen (secondary N) is 2. The van der Waals surface area contributed by atoms with Crippen LogP contribution in [-0.4, -0.2) is 9.97 Å². The van der Waals surface area contributed by atoms with Crippen LogP contribution in [0.4, 0.5) is 0 Å². The first kappa shape index (κ1) is 9.54. The summed E-state index contributed by atoms with van der Waals surface area (Å²) in [7, 11) is 0. The molecule has 0 aliphatic heterocycles. The Labute approximate surface area is 104 Å². The molecular formula is C16H11N2. The van der Waals surface area contributed by atoms with E-state index >= 15 is 0 Å². The first-order valence-corrected chi connectivity index (χ1v) is 5.96. The molecule has 2 heterocycles. The van der Waals surface area contributed by atoms with E-state index in [4.69, 9.17) is 0 Å². The maximum absolute atomic E-state index is 3.43. The van der Waals surface area contributed by atoms with Gasteiger partial charge in [0.25, 0.3) is 0 Å². The van der Waals surface area contributed by atoms with Gasteiger partial charge in [-0.25, -0.2) is 0 Å². The molecule has 0 bridgehead atoms. The van der Waals surface area contributed by atoms with Crippen molar-refractivity contribution in [3.05, 3.63) is 60.8 Å². The Morgan fingerprint density at radius 3 is 2.78 bits per heavy atom. The van der Waals surface area contributed by atoms with Crippen LogP contribution in [0.5, 0.6) is 0 Å². The second-order valence-electron chi connectivity index (χ2n) is 4.48. The number of hydrogen-bond donors (Lipinski definition) is 2. The minimum Gasteiger partial charge on any atom is -0.361 e. The average Bonchev–Trinajstić information content (AvgIpc) is 3.04. The van der Waals surface area contributed by atoms with Gasteiger partial charge in [-0.05, 0) is 42.0 Å². The van der Waals surface area contributed by atoms with Gasteiger partial charge in [0.05, 0.1) is 0 Å². The van der Waals surface area contributed by atoms with Crippen molar-refractivity contribution in [1.82, 2.24) is 9.97 Å². The summed E-state index contributed by atoms with van der Waals surface area (Å²) in [6, 6.07) is 19.8. The molecule has 2 N–H and O–H groups in total. The molecule has 0 saturated carbocycles. The third-order valence-electron chi connectivity index (χ3n) is 3.33. The molecule has 4 rings (SSSR count). The number of fused-ring (bicyclic) bond motifs is 2. The van der Waals surface area contributed by atoms with E-state index in [9.17, 15) is 0 Å². The van der Waals surface area contributed by atoms with Crippen LogP contribution in [0.25, 0.3) is 33.1 Å². The molecule has 2 nitrogen and oxygen atoms in total. The summed E-state index contributed by atoms with van der Waals surface area (Å²) < 4.78 is 0. The number of hydrogen-bond acceptors (Lipinski definition) is 0. The van der Waals surface area contributed by atoms with Gasteiger partial charge >= 0.3 is 0 Å². The van der Waals surface area contributed by atoms with Crippen LogP contribution in [0.15, 0.2) is 54.7 Å². The maximum Gasteiger partial charge on any atom is 0.0465 e. The molecule has 0 aliphatic rings. The zero-order valence-electron chi connectivity index (χ0n) is 9.70. The predicted octanol–water partition coefficient (Wildman–Crippen LogP) is 4.12. The smallest absolute Gasteiger partial charge is 0.0465 e. The quantitative estimate of drug-likeness (QED) is 0.494. The highest BCUT2D eigenvalue weighted by atomic mass is 14.7. The Kier molecular flexibility index (Phi) is 1.86. The normalized spacial score (nSPS) is 11.3. The molecule has 2 aromatic heterocycles. The van der Waals surface area contributed by atoms with Crippen LogP contribution in [0, 0.1) is 6.07 Å². The molecule has 0 fully saturated rings. The van der Waals surface area contributed by atoms with Gasteiger partial charge in [0, 0.05) is 33.7 Å². The van der Waals surface area contributed by atoms with E-state index in [2.05, 4.69) is 52.4 Å². The van der Waals surface area contributed by atoms with Crippen LogP contribution in [0.2, 0.25) is 0 Å². The van der Waals surface area contributed by atoms with Gasteiger partial charge in [0.1, 0.15) is 0 Å². The average molecular weight is 231 g/mol. The van der Waals surface area contributed by atoms with Gasteiger partial charge < -0.3 is 9.97 Å². The van der Waals surface area contributed by atoms with Crippen molar-refractivity contribution >= 4 is 21.8 Å². The van der Waals surface area contributed by atoms with Gasteiger partial charge in [-0.1, -0.05) is 18.2 Å². The summed E-state index contributed by atoms with van der Waals surface area (Å²) in [5.41, 5.74) is 4.65. The van der Waals surface area contributed by atoms with E-state index in [1.807, 2.05) is 18.3 Å². The molecule has 1 radical (unpaired) electrons. The molecule has 18 heavy (non-hydrogen) atoms. The van der Waals surface area contributed by atoms with E-state index in [-0.39, 0.29) is 0 Å². The Hall–Kier alpha value is -2.48. The SMILES string of the molecule is [c]1ccc2cc(-c3ccc4[nH]ccc4c3)[nH]c2c1. The van der Waals surface area contributed by atoms with Crippen LogP contribution in [0.3, 0.4) is 0 Å². The molecule has 0 amide bonds. The van der Waals surface area contributed by atoms with Crippen molar-refractivity contribution < 1.29 is 0 Å². The summed E-state index contributed by atoms with van der Waals surface area (Å²) in [6.07, 6.45) is 1.97. The molecule has 85 valence electrons. The Morgan fingerprint density at radius 2 is 1.83 bits per heavy atom. The number of aromatic amines is 2. The largest absolute Gasteiger partial charge is 0.361 e. The van der Waals surface area contributed by atoms with Crippen molar-refractivity contribution in [2.45, 2.75) is 0 Å². The Bertz CT molecular complexity index is 803. The monoisotopic (exact) mass is 231 g/mol. The summed E-state index contributed by atoms with van der Waals surface area (Å²) in [5.74, 6) is 0. The first-order valence-electron chi connectivity index (χ1n) is 5.96. The topological polar surface area (TPSA) is 31.6 Å². The minimum atomic E-state index is 1.13. The van der Waals surface area contributed by atoms with E-state index in [1.165, 1.54) is 21.9 Å². The lowest BCUT2D eigenvalue weighted by Crippen LogP contribution is -1.76. The molecular weight excluding hydrogens is 220 g/mol. The minimum absolute atomic E-state index is 1.13. The highest BCUT2D eigenvalue weighted by Crippen LogP contribution is 2.26. The first-order chi connectivity index (χ1) is 8.90. The van der Waals surface area contributed by atoms with Crippen molar-refractivity contribution in [2.75, 3.05) is 0 Å².